The van der Waals surface area contributed by atoms with Crippen LogP contribution in [0.1, 0.15) is 45.6 Å². The van der Waals surface area contributed by atoms with Crippen LogP contribution in [0, 0.1) is 5.92 Å². The molecule has 0 aliphatic carbocycles. The smallest absolute Gasteiger partial charge is 0.191 e. The quantitative estimate of drug-likeness (QED) is 0.302. The van der Waals surface area contributed by atoms with Gasteiger partial charge in [-0.15, -0.1) is 24.0 Å². The summed E-state index contributed by atoms with van der Waals surface area (Å²) in [6.45, 7) is 11.5. The topological polar surface area (TPSA) is 48.9 Å². The number of rotatable bonds is 9. The minimum absolute atomic E-state index is 0. The van der Waals surface area contributed by atoms with Crippen molar-refractivity contribution in [1.29, 1.82) is 0 Å². The molecule has 1 aromatic rings. The van der Waals surface area contributed by atoms with Crippen LogP contribution in [0.3, 0.4) is 0 Å². The molecule has 156 valence electrons. The highest BCUT2D eigenvalue weighted by Crippen LogP contribution is 2.15. The zero-order chi connectivity index (χ0) is 18.8. The van der Waals surface area contributed by atoms with E-state index in [4.69, 9.17) is 4.74 Å². The SMILES string of the molecule is CCOC(CCNC(=NC)NC1CCN(Cc2ccsc2)CC1)C(C)C.I. The summed E-state index contributed by atoms with van der Waals surface area (Å²) < 4.78 is 5.82. The van der Waals surface area contributed by atoms with E-state index in [1.807, 2.05) is 7.05 Å². The van der Waals surface area contributed by atoms with Gasteiger partial charge in [0, 0.05) is 45.9 Å². The lowest BCUT2D eigenvalue weighted by atomic mass is 10.0. The van der Waals surface area contributed by atoms with Crippen molar-refractivity contribution in [3.63, 3.8) is 0 Å². The van der Waals surface area contributed by atoms with Crippen molar-refractivity contribution in [2.24, 2.45) is 10.9 Å². The van der Waals surface area contributed by atoms with Crippen molar-refractivity contribution in [2.75, 3.05) is 33.3 Å². The third-order valence-corrected chi connectivity index (χ3v) is 5.72. The van der Waals surface area contributed by atoms with Crippen LogP contribution in [0.25, 0.3) is 0 Å². The first-order valence-corrected chi connectivity index (χ1v) is 10.9. The third kappa shape index (κ3) is 9.11. The Morgan fingerprint density at radius 3 is 2.67 bits per heavy atom. The van der Waals surface area contributed by atoms with Crippen molar-refractivity contribution < 1.29 is 4.74 Å². The molecule has 1 aliphatic rings. The van der Waals surface area contributed by atoms with Crippen LogP contribution < -0.4 is 10.6 Å². The number of guanidine groups is 1. The molecular formula is C20H37IN4OS. The van der Waals surface area contributed by atoms with Gasteiger partial charge in [-0.1, -0.05) is 13.8 Å². The Kier molecular flexibility index (Phi) is 12.5. The molecular weight excluding hydrogens is 471 g/mol. The first-order chi connectivity index (χ1) is 12.6. The number of hydrogen-bond donors (Lipinski definition) is 2. The van der Waals surface area contributed by atoms with Gasteiger partial charge >= 0.3 is 0 Å². The maximum Gasteiger partial charge on any atom is 0.191 e. The maximum absolute atomic E-state index is 5.82. The van der Waals surface area contributed by atoms with E-state index < -0.39 is 0 Å². The van der Waals surface area contributed by atoms with E-state index in [2.05, 4.69) is 58.1 Å². The number of ether oxygens (including phenoxy) is 1. The maximum atomic E-state index is 5.82. The summed E-state index contributed by atoms with van der Waals surface area (Å²) in [6.07, 6.45) is 3.65. The molecule has 1 atom stereocenters. The standard InChI is InChI=1S/C20H36N4OS.HI/c1-5-25-19(16(2)3)6-10-22-20(21-4)23-18-7-11-24(12-8-18)14-17-9-13-26-15-17;/h9,13,15-16,18-19H,5-8,10-12,14H2,1-4H3,(H2,21,22,23);1H. The fourth-order valence-corrected chi connectivity index (χ4v) is 4.08. The molecule has 1 saturated heterocycles. The van der Waals surface area contributed by atoms with Gasteiger partial charge in [0.25, 0.3) is 0 Å². The number of likely N-dealkylation sites (tertiary alicyclic amines) is 1. The van der Waals surface area contributed by atoms with Crippen molar-refractivity contribution in [3.8, 4) is 0 Å². The Hall–Kier alpha value is -0.380. The molecule has 0 spiro atoms. The summed E-state index contributed by atoms with van der Waals surface area (Å²) in [4.78, 5) is 6.94. The second-order valence-corrected chi connectivity index (χ2v) is 8.13. The molecule has 27 heavy (non-hydrogen) atoms. The Morgan fingerprint density at radius 1 is 1.37 bits per heavy atom. The Labute approximate surface area is 186 Å². The highest BCUT2D eigenvalue weighted by atomic mass is 127. The number of nitrogens with one attached hydrogen (secondary N) is 2. The number of hydrogen-bond acceptors (Lipinski definition) is 4. The van der Waals surface area contributed by atoms with Gasteiger partial charge in [-0.25, -0.2) is 0 Å². The summed E-state index contributed by atoms with van der Waals surface area (Å²) in [7, 11) is 1.85. The lowest BCUT2D eigenvalue weighted by Gasteiger charge is -2.33. The van der Waals surface area contributed by atoms with Crippen LogP contribution in [0.2, 0.25) is 0 Å². The predicted octanol–water partition coefficient (Wildman–Crippen LogP) is 3.95. The normalized spacial score (nSPS) is 17.6. The van der Waals surface area contributed by atoms with Crippen molar-refractivity contribution >= 4 is 41.3 Å². The van der Waals surface area contributed by atoms with E-state index in [-0.39, 0.29) is 24.0 Å². The van der Waals surface area contributed by atoms with Crippen molar-refractivity contribution in [1.82, 2.24) is 15.5 Å². The van der Waals surface area contributed by atoms with Gasteiger partial charge < -0.3 is 15.4 Å². The Bertz CT molecular complexity index is 516. The first kappa shape index (κ1) is 24.7. The molecule has 0 aromatic carbocycles. The zero-order valence-electron chi connectivity index (χ0n) is 17.2. The first-order valence-electron chi connectivity index (χ1n) is 9.94. The minimum Gasteiger partial charge on any atom is -0.378 e. The predicted molar refractivity (Wildman–Crippen MR) is 127 cm³/mol. The van der Waals surface area contributed by atoms with E-state index in [0.29, 0.717) is 18.1 Å². The number of thiophene rings is 1. The summed E-state index contributed by atoms with van der Waals surface area (Å²) in [5, 5.41) is 11.5. The minimum atomic E-state index is 0. The van der Waals surface area contributed by atoms with Gasteiger partial charge in [-0.2, -0.15) is 11.3 Å². The monoisotopic (exact) mass is 508 g/mol. The summed E-state index contributed by atoms with van der Waals surface area (Å²) in [6, 6.07) is 2.74. The molecule has 0 radical (unpaired) electrons. The van der Waals surface area contributed by atoms with Crippen LogP contribution in [0.15, 0.2) is 21.8 Å². The van der Waals surface area contributed by atoms with Gasteiger partial charge in [0.2, 0.25) is 0 Å². The summed E-state index contributed by atoms with van der Waals surface area (Å²) >= 11 is 1.78. The number of nitrogens with zero attached hydrogens (tertiary/aromatic N) is 2. The fourth-order valence-electron chi connectivity index (χ4n) is 3.42. The Balaban J connectivity index is 0.00000364. The molecule has 7 heteroatoms. The van der Waals surface area contributed by atoms with Gasteiger partial charge in [0.05, 0.1) is 6.10 Å². The van der Waals surface area contributed by atoms with Crippen LogP contribution in [0.4, 0.5) is 0 Å². The lowest BCUT2D eigenvalue weighted by Crippen LogP contribution is -2.49. The Morgan fingerprint density at radius 2 is 2.11 bits per heavy atom. The van der Waals surface area contributed by atoms with Crippen LogP contribution >= 0.6 is 35.3 Å². The van der Waals surface area contributed by atoms with Crippen molar-refractivity contribution in [3.05, 3.63) is 22.4 Å². The molecule has 1 aromatic heterocycles. The second-order valence-electron chi connectivity index (χ2n) is 7.35. The van der Waals surface area contributed by atoms with E-state index in [9.17, 15) is 0 Å². The van der Waals surface area contributed by atoms with Crippen LogP contribution in [-0.2, 0) is 11.3 Å². The average molecular weight is 509 g/mol. The summed E-state index contributed by atoms with van der Waals surface area (Å²) in [5.41, 5.74) is 1.44. The average Bonchev–Trinajstić information content (AvgIpc) is 3.14. The molecule has 0 amide bonds. The molecule has 1 fully saturated rings. The van der Waals surface area contributed by atoms with Gasteiger partial charge in [0.1, 0.15) is 0 Å². The second kappa shape index (κ2) is 13.7. The number of aliphatic imine (C=N–C) groups is 1. The molecule has 2 rings (SSSR count). The van der Waals surface area contributed by atoms with E-state index in [1.54, 1.807) is 11.3 Å². The molecule has 2 N–H and O–H groups in total. The largest absolute Gasteiger partial charge is 0.378 e. The van der Waals surface area contributed by atoms with Gasteiger partial charge in [-0.05, 0) is 54.5 Å². The molecule has 0 bridgehead atoms. The highest BCUT2D eigenvalue weighted by Gasteiger charge is 2.20. The van der Waals surface area contributed by atoms with Crippen LogP contribution in [0.5, 0.6) is 0 Å². The summed E-state index contributed by atoms with van der Waals surface area (Å²) in [5.74, 6) is 1.46. The molecule has 5 nitrogen and oxygen atoms in total. The molecule has 2 heterocycles. The fraction of sp³-hybridized carbons (Fsp3) is 0.750. The van der Waals surface area contributed by atoms with E-state index in [0.717, 1.165) is 45.2 Å². The number of piperidine rings is 1. The van der Waals surface area contributed by atoms with Gasteiger partial charge in [0.15, 0.2) is 5.96 Å². The van der Waals surface area contributed by atoms with E-state index >= 15 is 0 Å². The zero-order valence-corrected chi connectivity index (χ0v) is 20.4. The highest BCUT2D eigenvalue weighted by molar-refractivity contribution is 14.0. The molecule has 1 aliphatic heterocycles. The lowest BCUT2D eigenvalue weighted by molar-refractivity contribution is 0.0258. The molecule has 1 unspecified atom stereocenters. The van der Waals surface area contributed by atoms with Crippen molar-refractivity contribution in [2.45, 2.75) is 58.7 Å². The third-order valence-electron chi connectivity index (χ3n) is 4.98. The van der Waals surface area contributed by atoms with Crippen LogP contribution in [-0.4, -0.2) is 56.3 Å². The number of halogens is 1. The van der Waals surface area contributed by atoms with Gasteiger partial charge in [-0.3, -0.25) is 9.89 Å². The molecule has 0 saturated carbocycles. The van der Waals surface area contributed by atoms with E-state index in [1.165, 1.54) is 18.4 Å².